The van der Waals surface area contributed by atoms with Crippen LogP contribution < -0.4 is 5.32 Å². The summed E-state index contributed by atoms with van der Waals surface area (Å²) in [6, 6.07) is 1.61. The smallest absolute Gasteiger partial charge is 0.379 e. The lowest BCUT2D eigenvalue weighted by molar-refractivity contribution is -0.144. The van der Waals surface area contributed by atoms with Crippen molar-refractivity contribution >= 4 is 11.5 Å². The number of amides is 1. The molecule has 2 unspecified atom stereocenters. The second-order valence-corrected chi connectivity index (χ2v) is 10.4. The van der Waals surface area contributed by atoms with E-state index < -0.39 is 17.2 Å². The molecule has 1 aromatic heterocycles. The number of hydrogen-bond acceptors (Lipinski definition) is 5. The lowest BCUT2D eigenvalue weighted by Gasteiger charge is -2.39. The molecule has 3 heterocycles. The molecule has 1 saturated heterocycles. The van der Waals surface area contributed by atoms with Gasteiger partial charge in [0.1, 0.15) is 0 Å². The number of carbonyl (C=O) groups excluding carboxylic acids is 1. The number of methoxy groups -OCH3 is 1. The Morgan fingerprint density at radius 1 is 1.31 bits per heavy atom. The summed E-state index contributed by atoms with van der Waals surface area (Å²) in [7, 11) is 1.71. The number of ether oxygens (including phenoxy) is 2. The molecule has 2 aliphatic heterocycles. The maximum atomic E-state index is 13.8. The normalized spacial score (nSPS) is 30.0. The van der Waals surface area contributed by atoms with Crippen LogP contribution >= 0.6 is 0 Å². The molecule has 3 aliphatic rings. The first-order valence-corrected chi connectivity index (χ1v) is 12.5. The Kier molecular flexibility index (Phi) is 7.88. The van der Waals surface area contributed by atoms with Gasteiger partial charge in [-0.1, -0.05) is 19.9 Å². The van der Waals surface area contributed by atoms with Crippen LogP contribution in [0.5, 0.6) is 0 Å². The molecule has 0 aromatic carbocycles. The van der Waals surface area contributed by atoms with Crippen LogP contribution in [0.15, 0.2) is 24.5 Å². The van der Waals surface area contributed by atoms with Crippen LogP contribution in [0, 0.1) is 11.3 Å². The number of halogens is 3. The van der Waals surface area contributed by atoms with Gasteiger partial charge in [-0.2, -0.15) is 13.2 Å². The Balaban J connectivity index is 1.43. The van der Waals surface area contributed by atoms with E-state index in [9.17, 15) is 18.0 Å². The summed E-state index contributed by atoms with van der Waals surface area (Å²) in [5, 5.41) is 3.75. The molecule has 0 bridgehead atoms. The third kappa shape index (κ3) is 5.57. The molecule has 6 nitrogen and oxygen atoms in total. The largest absolute Gasteiger partial charge is 0.417 e. The van der Waals surface area contributed by atoms with Gasteiger partial charge in [0.2, 0.25) is 5.91 Å². The first kappa shape index (κ1) is 26.1. The van der Waals surface area contributed by atoms with Crippen LogP contribution in [0.2, 0.25) is 0 Å². The first-order valence-electron chi connectivity index (χ1n) is 12.5. The van der Waals surface area contributed by atoms with E-state index in [2.05, 4.69) is 24.1 Å². The molecule has 4 atom stereocenters. The van der Waals surface area contributed by atoms with Crippen LogP contribution in [0.1, 0.15) is 57.1 Å². The monoisotopic (exact) mass is 495 g/mol. The Morgan fingerprint density at radius 3 is 2.77 bits per heavy atom. The van der Waals surface area contributed by atoms with Crippen molar-refractivity contribution in [3.05, 3.63) is 35.7 Å². The van der Waals surface area contributed by atoms with Crippen LogP contribution in [-0.4, -0.2) is 67.4 Å². The van der Waals surface area contributed by atoms with Gasteiger partial charge >= 0.3 is 6.18 Å². The predicted molar refractivity (Wildman–Crippen MR) is 126 cm³/mol. The van der Waals surface area contributed by atoms with E-state index in [1.807, 2.05) is 11.0 Å². The number of nitrogens with one attached hydrogen (secondary N) is 1. The fourth-order valence-corrected chi connectivity index (χ4v) is 5.82. The van der Waals surface area contributed by atoms with Crippen molar-refractivity contribution in [3.8, 4) is 0 Å². The average Bonchev–Trinajstić information content (AvgIpc) is 3.29. The lowest BCUT2D eigenvalue weighted by Crippen LogP contribution is -2.52. The van der Waals surface area contributed by atoms with Gasteiger partial charge < -0.3 is 19.7 Å². The van der Waals surface area contributed by atoms with Crippen molar-refractivity contribution in [2.24, 2.45) is 11.3 Å². The standard InChI is InChI=1S/C26H36F3N3O3/c1-17(2)25(8-4-21(13-25)31-22-7-11-35-16-23(22)34-3)24(33)32-9-5-18(6-10-32)19-12-20(15-30-14-19)26(27,28)29/h5,12,14-15,17,21-23,31H,4,6-11,13,16H2,1-3H3/t21-,22?,23?,25+/m1/s1. The van der Waals surface area contributed by atoms with Gasteiger partial charge in [-0.05, 0) is 55.2 Å². The van der Waals surface area contributed by atoms with E-state index in [0.29, 0.717) is 38.3 Å². The van der Waals surface area contributed by atoms with Gasteiger partial charge in [-0.3, -0.25) is 9.78 Å². The summed E-state index contributed by atoms with van der Waals surface area (Å²) in [6.07, 6.45) is 3.72. The topological polar surface area (TPSA) is 63.7 Å². The number of nitrogens with zero attached hydrogens (tertiary/aromatic N) is 2. The summed E-state index contributed by atoms with van der Waals surface area (Å²) in [6.45, 7) is 6.43. The zero-order valence-electron chi connectivity index (χ0n) is 20.7. The van der Waals surface area contributed by atoms with E-state index in [1.54, 1.807) is 7.11 Å². The summed E-state index contributed by atoms with van der Waals surface area (Å²) in [5.41, 5.74) is 0.0918. The molecule has 1 aliphatic carbocycles. The molecule has 1 amide bonds. The van der Waals surface area contributed by atoms with Crippen molar-refractivity contribution in [2.75, 3.05) is 33.4 Å². The fraction of sp³-hybridized carbons (Fsp3) is 0.692. The quantitative estimate of drug-likeness (QED) is 0.638. The van der Waals surface area contributed by atoms with Crippen molar-refractivity contribution in [3.63, 3.8) is 0 Å². The fourth-order valence-electron chi connectivity index (χ4n) is 5.82. The zero-order chi connectivity index (χ0) is 25.2. The Bertz CT molecular complexity index is 936. The minimum atomic E-state index is -4.43. The molecule has 35 heavy (non-hydrogen) atoms. The lowest BCUT2D eigenvalue weighted by atomic mass is 9.74. The molecular weight excluding hydrogens is 459 g/mol. The van der Waals surface area contributed by atoms with Crippen molar-refractivity contribution < 1.29 is 27.4 Å². The van der Waals surface area contributed by atoms with Crippen molar-refractivity contribution in [2.45, 2.75) is 70.3 Å². The Hall–Kier alpha value is -1.97. The Labute approximate surface area is 205 Å². The number of carbonyl (C=O) groups is 1. The number of pyridine rings is 1. The molecule has 0 radical (unpaired) electrons. The van der Waals surface area contributed by atoms with Gasteiger partial charge in [-0.15, -0.1) is 0 Å². The molecule has 2 fully saturated rings. The van der Waals surface area contributed by atoms with Crippen LogP contribution in [0.3, 0.4) is 0 Å². The molecule has 1 saturated carbocycles. The highest BCUT2D eigenvalue weighted by atomic mass is 19.4. The summed E-state index contributed by atoms with van der Waals surface area (Å²) in [4.78, 5) is 19.5. The maximum Gasteiger partial charge on any atom is 0.417 e. The SMILES string of the molecule is COC1COCCC1N[C@@H]1CC[C@@](C(=O)N2CC=C(c3cncc(C(F)(F)F)c3)CC2)(C(C)C)C1. The zero-order valence-corrected chi connectivity index (χ0v) is 20.7. The number of rotatable bonds is 6. The minimum Gasteiger partial charge on any atom is -0.379 e. The number of hydrogen-bond donors (Lipinski definition) is 1. The summed E-state index contributed by atoms with van der Waals surface area (Å²) in [5.74, 6) is 0.345. The van der Waals surface area contributed by atoms with Crippen molar-refractivity contribution in [1.29, 1.82) is 0 Å². The van der Waals surface area contributed by atoms with E-state index >= 15 is 0 Å². The highest BCUT2D eigenvalue weighted by Gasteiger charge is 2.50. The van der Waals surface area contributed by atoms with E-state index in [-0.39, 0.29) is 30.0 Å². The predicted octanol–water partition coefficient (Wildman–Crippen LogP) is 4.30. The van der Waals surface area contributed by atoms with Gasteiger partial charge in [0.15, 0.2) is 0 Å². The second-order valence-electron chi connectivity index (χ2n) is 10.4. The molecule has 4 rings (SSSR count). The first-order chi connectivity index (χ1) is 16.6. The van der Waals surface area contributed by atoms with Crippen molar-refractivity contribution in [1.82, 2.24) is 15.2 Å². The highest BCUT2D eigenvalue weighted by Crippen LogP contribution is 2.46. The minimum absolute atomic E-state index is 0.0180. The van der Waals surface area contributed by atoms with Crippen LogP contribution in [0.25, 0.3) is 5.57 Å². The van der Waals surface area contributed by atoms with E-state index in [4.69, 9.17) is 9.47 Å². The maximum absolute atomic E-state index is 13.8. The molecule has 1 N–H and O–H groups in total. The van der Waals surface area contributed by atoms with Gasteiger partial charge in [-0.25, -0.2) is 0 Å². The third-order valence-corrected chi connectivity index (χ3v) is 8.07. The van der Waals surface area contributed by atoms with Crippen LogP contribution in [-0.2, 0) is 20.4 Å². The highest BCUT2D eigenvalue weighted by molar-refractivity contribution is 5.84. The second kappa shape index (κ2) is 10.6. The average molecular weight is 496 g/mol. The summed E-state index contributed by atoms with van der Waals surface area (Å²) >= 11 is 0. The van der Waals surface area contributed by atoms with E-state index in [0.717, 1.165) is 43.5 Å². The molecule has 0 spiro atoms. The van der Waals surface area contributed by atoms with Crippen LogP contribution in [0.4, 0.5) is 13.2 Å². The van der Waals surface area contributed by atoms with Gasteiger partial charge in [0, 0.05) is 51.3 Å². The molecule has 1 aromatic rings. The molecule has 194 valence electrons. The third-order valence-electron chi connectivity index (χ3n) is 8.07. The molecular formula is C26H36F3N3O3. The summed E-state index contributed by atoms with van der Waals surface area (Å²) < 4.78 is 50.4. The van der Waals surface area contributed by atoms with Gasteiger partial charge in [0.25, 0.3) is 0 Å². The molecule has 9 heteroatoms. The van der Waals surface area contributed by atoms with Gasteiger partial charge in [0.05, 0.1) is 23.7 Å². The van der Waals surface area contributed by atoms with E-state index in [1.165, 1.54) is 6.20 Å². The Morgan fingerprint density at radius 2 is 2.11 bits per heavy atom. The number of aromatic nitrogens is 1. The number of alkyl halides is 3.